The first kappa shape index (κ1) is 13.2. The van der Waals surface area contributed by atoms with Gasteiger partial charge < -0.3 is 5.11 Å². The van der Waals surface area contributed by atoms with E-state index in [4.69, 9.17) is 0 Å². The number of fused-ring (bicyclic) bond motifs is 8. The molecule has 0 saturated heterocycles. The van der Waals surface area contributed by atoms with E-state index < -0.39 is 5.60 Å². The van der Waals surface area contributed by atoms with Crippen molar-refractivity contribution < 1.29 is 5.11 Å². The number of hydrogen-bond donors (Lipinski definition) is 1. The minimum atomic E-state index is -1.09. The lowest BCUT2D eigenvalue weighted by Gasteiger charge is -2.20. The van der Waals surface area contributed by atoms with Crippen molar-refractivity contribution in [3.63, 3.8) is 0 Å². The molecule has 112 valence electrons. The Labute approximate surface area is 140 Å². The van der Waals surface area contributed by atoms with Crippen LogP contribution >= 0.6 is 15.9 Å². The number of nitrogens with zero attached hydrogens (tertiary/aromatic N) is 3. The molecule has 4 aromatic rings. The molecule has 5 rings (SSSR count). The van der Waals surface area contributed by atoms with Crippen molar-refractivity contribution in [2.24, 2.45) is 0 Å². The summed E-state index contributed by atoms with van der Waals surface area (Å²) in [6, 6.07) is 14.1. The summed E-state index contributed by atoms with van der Waals surface area (Å²) in [7, 11) is 0. The number of aliphatic hydroxyl groups is 1. The van der Waals surface area contributed by atoms with Gasteiger partial charge >= 0.3 is 0 Å². The maximum Gasteiger partial charge on any atom is 0.168 e. The molecule has 1 aliphatic rings. The van der Waals surface area contributed by atoms with Crippen LogP contribution < -0.4 is 0 Å². The van der Waals surface area contributed by atoms with Gasteiger partial charge in [-0.15, -0.1) is 10.2 Å². The molecule has 2 aromatic heterocycles. The largest absolute Gasteiger partial charge is 0.380 e. The van der Waals surface area contributed by atoms with E-state index in [1.54, 1.807) is 6.33 Å². The standard InChI is InChI=1S/C18H12BrN3O/c1-18(23)13-5-3-2-4-11(13)15-12-8-10(19)6-7-14(12)22-9-20-21-17(22)16(15)18/h2-9,23H,1H3. The lowest BCUT2D eigenvalue weighted by atomic mass is 9.94. The van der Waals surface area contributed by atoms with Crippen LogP contribution in [0.15, 0.2) is 53.3 Å². The van der Waals surface area contributed by atoms with Gasteiger partial charge in [-0.2, -0.15) is 0 Å². The second kappa shape index (κ2) is 4.19. The Morgan fingerprint density at radius 3 is 2.87 bits per heavy atom. The first-order valence-electron chi connectivity index (χ1n) is 7.37. The van der Waals surface area contributed by atoms with Gasteiger partial charge in [-0.3, -0.25) is 4.40 Å². The predicted molar refractivity (Wildman–Crippen MR) is 92.3 cm³/mol. The fourth-order valence-electron chi connectivity index (χ4n) is 3.75. The van der Waals surface area contributed by atoms with Crippen LogP contribution in [0.1, 0.15) is 18.1 Å². The third-order valence-corrected chi connectivity index (χ3v) is 5.21. The first-order valence-corrected chi connectivity index (χ1v) is 8.16. The second-order valence-corrected chi connectivity index (χ2v) is 6.97. The molecule has 2 heterocycles. The summed E-state index contributed by atoms with van der Waals surface area (Å²) in [5.74, 6) is 0. The smallest absolute Gasteiger partial charge is 0.168 e. The molecule has 1 aliphatic carbocycles. The molecule has 0 saturated carbocycles. The monoisotopic (exact) mass is 365 g/mol. The fourth-order valence-corrected chi connectivity index (χ4v) is 4.11. The molecule has 0 radical (unpaired) electrons. The molecular formula is C18H12BrN3O. The maximum absolute atomic E-state index is 11.3. The number of pyridine rings is 1. The predicted octanol–water partition coefficient (Wildman–Crippen LogP) is 3.88. The molecule has 0 spiro atoms. The lowest BCUT2D eigenvalue weighted by molar-refractivity contribution is 0.108. The molecule has 4 nitrogen and oxygen atoms in total. The van der Waals surface area contributed by atoms with Crippen molar-refractivity contribution in [2.45, 2.75) is 12.5 Å². The number of halogens is 1. The average molecular weight is 366 g/mol. The van der Waals surface area contributed by atoms with Gasteiger partial charge in [0, 0.05) is 21.0 Å². The van der Waals surface area contributed by atoms with Gasteiger partial charge in [-0.05, 0) is 36.2 Å². The van der Waals surface area contributed by atoms with E-state index in [0.717, 1.165) is 37.6 Å². The Kier molecular flexibility index (Phi) is 2.41. The maximum atomic E-state index is 11.3. The Bertz CT molecular complexity index is 1110. The molecule has 0 amide bonds. The van der Waals surface area contributed by atoms with Gasteiger partial charge in [-0.1, -0.05) is 40.2 Å². The van der Waals surface area contributed by atoms with Crippen LogP contribution in [0.5, 0.6) is 0 Å². The molecule has 1 unspecified atom stereocenters. The molecule has 2 aromatic carbocycles. The molecule has 0 aliphatic heterocycles. The van der Waals surface area contributed by atoms with Gasteiger partial charge in [0.25, 0.3) is 0 Å². The summed E-state index contributed by atoms with van der Waals surface area (Å²) in [6.45, 7) is 1.83. The zero-order chi connectivity index (χ0) is 15.8. The molecule has 5 heteroatoms. The Balaban J connectivity index is 2.12. The number of benzene rings is 2. The van der Waals surface area contributed by atoms with Crippen molar-refractivity contribution in [1.29, 1.82) is 0 Å². The summed E-state index contributed by atoms with van der Waals surface area (Å²) in [5.41, 5.74) is 4.48. The number of rotatable bonds is 0. The minimum absolute atomic E-state index is 0.705. The Hall–Kier alpha value is -2.24. The summed E-state index contributed by atoms with van der Waals surface area (Å²) in [5, 5.41) is 20.7. The fraction of sp³-hybridized carbons (Fsp3) is 0.111. The van der Waals surface area contributed by atoms with E-state index in [9.17, 15) is 5.11 Å². The average Bonchev–Trinajstić information content (AvgIpc) is 3.10. The van der Waals surface area contributed by atoms with Crippen molar-refractivity contribution >= 4 is 32.5 Å². The highest BCUT2D eigenvalue weighted by atomic mass is 79.9. The Morgan fingerprint density at radius 2 is 2.00 bits per heavy atom. The number of hydrogen-bond acceptors (Lipinski definition) is 3. The van der Waals surface area contributed by atoms with E-state index >= 15 is 0 Å². The zero-order valence-electron chi connectivity index (χ0n) is 12.3. The van der Waals surface area contributed by atoms with Crippen molar-refractivity contribution in [2.75, 3.05) is 0 Å². The second-order valence-electron chi connectivity index (χ2n) is 6.05. The SMILES string of the molecule is CC1(O)c2ccccc2-c2c1c1nncn1c1ccc(Br)cc21. The van der Waals surface area contributed by atoms with E-state index in [-0.39, 0.29) is 0 Å². The molecular weight excluding hydrogens is 354 g/mol. The van der Waals surface area contributed by atoms with Gasteiger partial charge in [0.2, 0.25) is 0 Å². The van der Waals surface area contributed by atoms with Crippen LogP contribution in [0.4, 0.5) is 0 Å². The molecule has 0 bridgehead atoms. The summed E-state index contributed by atoms with van der Waals surface area (Å²) < 4.78 is 2.95. The third-order valence-electron chi connectivity index (χ3n) is 4.72. The molecule has 0 fully saturated rings. The minimum Gasteiger partial charge on any atom is -0.380 e. The normalized spacial score (nSPS) is 19.3. The van der Waals surface area contributed by atoms with Gasteiger partial charge in [0.05, 0.1) is 5.52 Å². The molecule has 1 N–H and O–H groups in total. The van der Waals surface area contributed by atoms with Gasteiger partial charge in [0.1, 0.15) is 11.9 Å². The van der Waals surface area contributed by atoms with Crippen LogP contribution in [-0.4, -0.2) is 19.7 Å². The third kappa shape index (κ3) is 1.53. The highest BCUT2D eigenvalue weighted by Gasteiger charge is 2.41. The molecule has 1 atom stereocenters. The quantitative estimate of drug-likeness (QED) is 0.514. The summed E-state index contributed by atoms with van der Waals surface area (Å²) in [6.07, 6.45) is 1.70. The van der Waals surface area contributed by atoms with E-state index in [1.807, 2.05) is 41.7 Å². The van der Waals surface area contributed by atoms with Crippen molar-refractivity contribution in [3.8, 4) is 11.1 Å². The highest BCUT2D eigenvalue weighted by molar-refractivity contribution is 9.10. The van der Waals surface area contributed by atoms with Gasteiger partial charge in [0.15, 0.2) is 5.65 Å². The van der Waals surface area contributed by atoms with E-state index in [0.29, 0.717) is 5.65 Å². The van der Waals surface area contributed by atoms with Crippen molar-refractivity contribution in [3.05, 3.63) is 64.4 Å². The highest BCUT2D eigenvalue weighted by Crippen LogP contribution is 2.51. The van der Waals surface area contributed by atoms with Crippen LogP contribution in [0.3, 0.4) is 0 Å². The van der Waals surface area contributed by atoms with Crippen LogP contribution in [-0.2, 0) is 5.60 Å². The summed E-state index contributed by atoms with van der Waals surface area (Å²) in [4.78, 5) is 0. The van der Waals surface area contributed by atoms with Crippen LogP contribution in [0.2, 0.25) is 0 Å². The molecule has 23 heavy (non-hydrogen) atoms. The topological polar surface area (TPSA) is 50.4 Å². The lowest BCUT2D eigenvalue weighted by Crippen LogP contribution is -2.20. The number of aromatic nitrogens is 3. The van der Waals surface area contributed by atoms with Crippen LogP contribution in [0, 0.1) is 0 Å². The van der Waals surface area contributed by atoms with E-state index in [1.165, 1.54) is 0 Å². The van der Waals surface area contributed by atoms with E-state index in [2.05, 4.69) is 38.3 Å². The van der Waals surface area contributed by atoms with Crippen LogP contribution in [0.25, 0.3) is 27.7 Å². The summed E-state index contributed by atoms with van der Waals surface area (Å²) >= 11 is 3.56. The van der Waals surface area contributed by atoms with Gasteiger partial charge in [-0.25, -0.2) is 0 Å². The first-order chi connectivity index (χ1) is 11.1. The Morgan fingerprint density at radius 1 is 1.17 bits per heavy atom. The van der Waals surface area contributed by atoms with Crippen molar-refractivity contribution in [1.82, 2.24) is 14.6 Å². The zero-order valence-corrected chi connectivity index (χ0v) is 13.9.